The van der Waals surface area contributed by atoms with Crippen molar-refractivity contribution in [2.24, 2.45) is 5.92 Å². The van der Waals surface area contributed by atoms with Crippen LogP contribution in [0.25, 0.3) is 0 Å². The Balaban J connectivity index is 1.99. The van der Waals surface area contributed by atoms with Gasteiger partial charge in [-0.05, 0) is 49.9 Å². The molecule has 4 nitrogen and oxygen atoms in total. The van der Waals surface area contributed by atoms with Crippen LogP contribution in [-0.2, 0) is 16.6 Å². The van der Waals surface area contributed by atoms with Crippen LogP contribution in [0.3, 0.4) is 0 Å². The molecule has 1 aromatic rings. The number of nitrogens with one attached hydrogen (secondary N) is 2. The van der Waals surface area contributed by atoms with Crippen molar-refractivity contribution in [3.05, 3.63) is 29.8 Å². The van der Waals surface area contributed by atoms with E-state index in [1.54, 1.807) is 12.1 Å². The molecule has 21 heavy (non-hydrogen) atoms. The van der Waals surface area contributed by atoms with Gasteiger partial charge in [0.15, 0.2) is 0 Å². The third-order valence-electron chi connectivity index (χ3n) is 3.70. The van der Waals surface area contributed by atoms with Crippen molar-refractivity contribution in [1.82, 2.24) is 10.0 Å². The van der Waals surface area contributed by atoms with Crippen LogP contribution in [0.1, 0.15) is 45.1 Å². The van der Waals surface area contributed by atoms with E-state index in [1.807, 2.05) is 19.1 Å². The lowest BCUT2D eigenvalue weighted by Gasteiger charge is -2.14. The van der Waals surface area contributed by atoms with Crippen molar-refractivity contribution in [1.29, 1.82) is 0 Å². The third-order valence-corrected chi connectivity index (χ3v) is 5.29. The normalized spacial score (nSPS) is 16.9. The molecule has 2 rings (SSSR count). The average molecular weight is 310 g/mol. The van der Waals surface area contributed by atoms with Gasteiger partial charge in [-0.1, -0.05) is 31.9 Å². The Morgan fingerprint density at radius 3 is 2.76 bits per heavy atom. The summed E-state index contributed by atoms with van der Waals surface area (Å²) in [6, 6.07) is 7.19. The molecule has 1 aliphatic carbocycles. The highest BCUT2D eigenvalue weighted by molar-refractivity contribution is 7.89. The van der Waals surface area contributed by atoms with Crippen LogP contribution >= 0.6 is 0 Å². The van der Waals surface area contributed by atoms with E-state index < -0.39 is 10.0 Å². The van der Waals surface area contributed by atoms with Crippen molar-refractivity contribution in [2.75, 3.05) is 6.54 Å². The summed E-state index contributed by atoms with van der Waals surface area (Å²) in [6.07, 6.45) is 4.49. The van der Waals surface area contributed by atoms with Crippen molar-refractivity contribution in [3.63, 3.8) is 0 Å². The van der Waals surface area contributed by atoms with Gasteiger partial charge in [-0.3, -0.25) is 0 Å². The Kier molecular flexibility index (Phi) is 5.79. The zero-order valence-corrected chi connectivity index (χ0v) is 13.7. The number of sulfonamides is 1. The van der Waals surface area contributed by atoms with Gasteiger partial charge in [0.1, 0.15) is 0 Å². The largest absolute Gasteiger partial charge is 0.313 e. The molecule has 0 heterocycles. The molecular formula is C16H26N2O2S. The Hall–Kier alpha value is -0.910. The van der Waals surface area contributed by atoms with E-state index in [-0.39, 0.29) is 6.04 Å². The van der Waals surface area contributed by atoms with Gasteiger partial charge in [-0.2, -0.15) is 0 Å². The Bertz CT molecular complexity index is 553. The molecule has 0 spiro atoms. The van der Waals surface area contributed by atoms with Crippen LogP contribution < -0.4 is 10.0 Å². The first kappa shape index (κ1) is 16.5. The fourth-order valence-corrected chi connectivity index (χ4v) is 3.79. The van der Waals surface area contributed by atoms with E-state index in [0.717, 1.165) is 24.9 Å². The Morgan fingerprint density at radius 2 is 2.10 bits per heavy atom. The molecule has 1 fully saturated rings. The summed E-state index contributed by atoms with van der Waals surface area (Å²) in [7, 11) is -3.41. The average Bonchev–Trinajstić information content (AvgIpc) is 3.22. The van der Waals surface area contributed by atoms with Crippen molar-refractivity contribution in [2.45, 2.75) is 57.0 Å². The summed E-state index contributed by atoms with van der Waals surface area (Å²) in [6.45, 7) is 5.70. The van der Waals surface area contributed by atoms with E-state index >= 15 is 0 Å². The lowest BCUT2D eigenvalue weighted by atomic mass is 10.2. The Labute approximate surface area is 128 Å². The maximum absolute atomic E-state index is 12.4. The molecular weight excluding hydrogens is 284 g/mol. The summed E-state index contributed by atoms with van der Waals surface area (Å²) < 4.78 is 27.6. The minimum Gasteiger partial charge on any atom is -0.313 e. The highest BCUT2D eigenvalue weighted by Crippen LogP contribution is 2.33. The van der Waals surface area contributed by atoms with Crippen LogP contribution in [-0.4, -0.2) is 21.0 Å². The maximum Gasteiger partial charge on any atom is 0.240 e. The fraction of sp³-hybridized carbons (Fsp3) is 0.625. The van der Waals surface area contributed by atoms with Crippen LogP contribution in [0.5, 0.6) is 0 Å². The quantitative estimate of drug-likeness (QED) is 0.689. The number of hydrogen-bond acceptors (Lipinski definition) is 3. The molecule has 0 radical (unpaired) electrons. The highest BCUT2D eigenvalue weighted by Gasteiger charge is 2.26. The van der Waals surface area contributed by atoms with E-state index in [9.17, 15) is 8.42 Å². The molecule has 0 bridgehead atoms. The maximum atomic E-state index is 12.4. The van der Waals surface area contributed by atoms with Gasteiger partial charge < -0.3 is 5.32 Å². The van der Waals surface area contributed by atoms with Gasteiger partial charge in [-0.25, -0.2) is 13.1 Å². The molecule has 1 saturated carbocycles. The van der Waals surface area contributed by atoms with Crippen LogP contribution in [0.4, 0.5) is 0 Å². The summed E-state index contributed by atoms with van der Waals surface area (Å²) in [5.41, 5.74) is 1.00. The molecule has 5 heteroatoms. The zero-order chi connectivity index (χ0) is 15.3. The van der Waals surface area contributed by atoms with E-state index in [0.29, 0.717) is 17.4 Å². The van der Waals surface area contributed by atoms with Crippen LogP contribution in [0, 0.1) is 5.92 Å². The second kappa shape index (κ2) is 7.38. The minimum absolute atomic E-state index is 0.00405. The molecule has 1 unspecified atom stereocenters. The molecule has 0 aromatic heterocycles. The minimum atomic E-state index is -3.41. The zero-order valence-electron chi connectivity index (χ0n) is 12.9. The van der Waals surface area contributed by atoms with Crippen molar-refractivity contribution in [3.8, 4) is 0 Å². The van der Waals surface area contributed by atoms with Gasteiger partial charge in [0.25, 0.3) is 0 Å². The molecule has 2 N–H and O–H groups in total. The van der Waals surface area contributed by atoms with Crippen molar-refractivity contribution < 1.29 is 8.42 Å². The van der Waals surface area contributed by atoms with Gasteiger partial charge in [0.05, 0.1) is 4.90 Å². The SMILES string of the molecule is CCCNCc1cccc(S(=O)(=O)NC(C)CC2CC2)c1. The van der Waals surface area contributed by atoms with Crippen LogP contribution in [0.2, 0.25) is 0 Å². The first-order chi connectivity index (χ1) is 10.0. The van der Waals surface area contributed by atoms with Gasteiger partial charge in [0.2, 0.25) is 10.0 Å². The summed E-state index contributed by atoms with van der Waals surface area (Å²) >= 11 is 0. The lowest BCUT2D eigenvalue weighted by Crippen LogP contribution is -2.33. The molecule has 0 saturated heterocycles. The first-order valence-corrected chi connectivity index (χ1v) is 9.31. The van der Waals surface area contributed by atoms with E-state index in [2.05, 4.69) is 17.0 Å². The molecule has 0 amide bonds. The van der Waals surface area contributed by atoms with Crippen LogP contribution in [0.15, 0.2) is 29.2 Å². The Morgan fingerprint density at radius 1 is 1.33 bits per heavy atom. The second-order valence-corrected chi connectivity index (χ2v) is 7.74. The standard InChI is InChI=1S/C16H26N2O2S/c1-3-9-17-12-15-5-4-6-16(11-15)21(19,20)18-13(2)10-14-7-8-14/h4-6,11,13-14,17-18H,3,7-10,12H2,1-2H3. The first-order valence-electron chi connectivity index (χ1n) is 7.83. The number of rotatable bonds is 9. The fourth-order valence-electron chi connectivity index (χ4n) is 2.47. The predicted molar refractivity (Wildman–Crippen MR) is 85.6 cm³/mol. The lowest BCUT2D eigenvalue weighted by molar-refractivity contribution is 0.530. The molecule has 0 aliphatic heterocycles. The summed E-state index contributed by atoms with van der Waals surface area (Å²) in [5, 5.41) is 3.29. The van der Waals surface area contributed by atoms with Gasteiger partial charge in [-0.15, -0.1) is 0 Å². The molecule has 1 atom stereocenters. The molecule has 1 aliphatic rings. The van der Waals surface area contributed by atoms with Crippen molar-refractivity contribution >= 4 is 10.0 Å². The predicted octanol–water partition coefficient (Wildman–Crippen LogP) is 2.65. The third kappa shape index (κ3) is 5.41. The number of benzene rings is 1. The molecule has 1 aromatic carbocycles. The second-order valence-electron chi connectivity index (χ2n) is 6.03. The van der Waals surface area contributed by atoms with Gasteiger partial charge >= 0.3 is 0 Å². The summed E-state index contributed by atoms with van der Waals surface area (Å²) in [4.78, 5) is 0.362. The monoisotopic (exact) mass is 310 g/mol. The van der Waals surface area contributed by atoms with E-state index in [1.165, 1.54) is 12.8 Å². The highest BCUT2D eigenvalue weighted by atomic mass is 32.2. The molecule has 118 valence electrons. The summed E-state index contributed by atoms with van der Waals surface area (Å²) in [5.74, 6) is 0.715. The number of hydrogen-bond donors (Lipinski definition) is 2. The van der Waals surface area contributed by atoms with E-state index in [4.69, 9.17) is 0 Å². The topological polar surface area (TPSA) is 58.2 Å². The van der Waals surface area contributed by atoms with Gasteiger partial charge in [0, 0.05) is 12.6 Å². The smallest absolute Gasteiger partial charge is 0.240 e.